The fourth-order valence-corrected chi connectivity index (χ4v) is 3.90. The van der Waals surface area contributed by atoms with Crippen LogP contribution in [0.1, 0.15) is 70.9 Å². The highest BCUT2D eigenvalue weighted by molar-refractivity contribution is 5.75. The van der Waals surface area contributed by atoms with Crippen LogP contribution in [0.15, 0.2) is 30.3 Å². The minimum atomic E-state index is -0.0559. The molecule has 26 heavy (non-hydrogen) atoms. The Morgan fingerprint density at radius 3 is 2.46 bits per heavy atom. The molecule has 1 aromatic rings. The molecule has 0 spiro atoms. The number of carbonyl (C=O) groups excluding carboxylic acids is 1. The van der Waals surface area contributed by atoms with Crippen LogP contribution >= 0.6 is 0 Å². The molecule has 4 nitrogen and oxygen atoms in total. The second kappa shape index (κ2) is 10.7. The fourth-order valence-electron chi connectivity index (χ4n) is 3.90. The van der Waals surface area contributed by atoms with Gasteiger partial charge >= 0.3 is 0 Å². The smallest absolute Gasteiger partial charge is 0.220 e. The standard InChI is InChI=1S/C22H37N3O/c1-4-22(5-2,25-18(3)20-9-7-6-8-10-20)17-24-21(26)12-11-19-13-15-23-16-14-19/h6-10,18-19,23,25H,4-5,11-17H2,1-3H3,(H,24,26). The number of amides is 1. The molecular formula is C22H37N3O. The summed E-state index contributed by atoms with van der Waals surface area (Å²) in [6.07, 6.45) is 6.08. The molecule has 1 fully saturated rings. The lowest BCUT2D eigenvalue weighted by atomic mass is 9.90. The largest absolute Gasteiger partial charge is 0.354 e. The minimum Gasteiger partial charge on any atom is -0.354 e. The van der Waals surface area contributed by atoms with Gasteiger partial charge in [0.15, 0.2) is 0 Å². The normalized spacial score (nSPS) is 17.0. The van der Waals surface area contributed by atoms with Crippen LogP contribution in [0.25, 0.3) is 0 Å². The number of hydrogen-bond donors (Lipinski definition) is 3. The maximum Gasteiger partial charge on any atom is 0.220 e. The van der Waals surface area contributed by atoms with Gasteiger partial charge in [-0.2, -0.15) is 0 Å². The fraction of sp³-hybridized carbons (Fsp3) is 0.682. The molecule has 1 aliphatic heterocycles. The quantitative estimate of drug-likeness (QED) is 0.596. The van der Waals surface area contributed by atoms with Crippen LogP contribution in [0, 0.1) is 5.92 Å². The molecule has 3 N–H and O–H groups in total. The van der Waals surface area contributed by atoms with Crippen LogP contribution in [-0.4, -0.2) is 31.1 Å². The summed E-state index contributed by atoms with van der Waals surface area (Å²) < 4.78 is 0. The van der Waals surface area contributed by atoms with Gasteiger partial charge < -0.3 is 16.0 Å². The topological polar surface area (TPSA) is 53.2 Å². The Balaban J connectivity index is 1.82. The predicted octanol–water partition coefficient (Wildman–Crippen LogP) is 3.79. The van der Waals surface area contributed by atoms with Gasteiger partial charge in [0.2, 0.25) is 5.91 Å². The van der Waals surface area contributed by atoms with Crippen molar-refractivity contribution in [3.8, 4) is 0 Å². The summed E-state index contributed by atoms with van der Waals surface area (Å²) in [5, 5.41) is 10.4. The van der Waals surface area contributed by atoms with E-state index in [4.69, 9.17) is 0 Å². The van der Waals surface area contributed by atoms with E-state index in [0.29, 0.717) is 18.9 Å². The third-order valence-corrected chi connectivity index (χ3v) is 6.04. The predicted molar refractivity (Wildman–Crippen MR) is 109 cm³/mol. The lowest BCUT2D eigenvalue weighted by molar-refractivity contribution is -0.121. The molecule has 1 aliphatic rings. The van der Waals surface area contributed by atoms with Crippen molar-refractivity contribution >= 4 is 5.91 Å². The van der Waals surface area contributed by atoms with Crippen molar-refractivity contribution < 1.29 is 4.79 Å². The zero-order valence-electron chi connectivity index (χ0n) is 16.8. The third-order valence-electron chi connectivity index (χ3n) is 6.04. The van der Waals surface area contributed by atoms with Crippen LogP contribution in [0.3, 0.4) is 0 Å². The average Bonchev–Trinajstić information content (AvgIpc) is 2.71. The number of rotatable bonds is 10. The van der Waals surface area contributed by atoms with Gasteiger partial charge in [-0.15, -0.1) is 0 Å². The van der Waals surface area contributed by atoms with E-state index in [1.165, 1.54) is 18.4 Å². The first-order valence-corrected chi connectivity index (χ1v) is 10.4. The Hall–Kier alpha value is -1.39. The molecule has 146 valence electrons. The first-order valence-electron chi connectivity index (χ1n) is 10.4. The second-order valence-electron chi connectivity index (χ2n) is 7.77. The van der Waals surface area contributed by atoms with E-state index in [1.54, 1.807) is 0 Å². The molecular weight excluding hydrogens is 322 g/mol. The van der Waals surface area contributed by atoms with Gasteiger partial charge in [0, 0.05) is 24.5 Å². The van der Waals surface area contributed by atoms with Gasteiger partial charge in [0.1, 0.15) is 0 Å². The molecule has 4 heteroatoms. The number of carbonyl (C=O) groups is 1. The first-order chi connectivity index (χ1) is 12.6. The molecule has 2 rings (SSSR count). The number of benzene rings is 1. The summed E-state index contributed by atoms with van der Waals surface area (Å²) >= 11 is 0. The van der Waals surface area contributed by atoms with Gasteiger partial charge in [-0.3, -0.25) is 4.79 Å². The molecule has 1 aromatic carbocycles. The van der Waals surface area contributed by atoms with Crippen molar-refractivity contribution in [3.63, 3.8) is 0 Å². The zero-order chi connectivity index (χ0) is 18.8. The van der Waals surface area contributed by atoms with E-state index in [1.807, 2.05) is 6.07 Å². The summed E-state index contributed by atoms with van der Waals surface area (Å²) in [7, 11) is 0. The van der Waals surface area contributed by atoms with Crippen molar-refractivity contribution in [1.29, 1.82) is 0 Å². The van der Waals surface area contributed by atoms with Crippen LogP contribution in [-0.2, 0) is 4.79 Å². The molecule has 1 atom stereocenters. The second-order valence-corrected chi connectivity index (χ2v) is 7.77. The van der Waals surface area contributed by atoms with E-state index in [-0.39, 0.29) is 17.5 Å². The highest BCUT2D eigenvalue weighted by Gasteiger charge is 2.28. The molecule has 0 bridgehead atoms. The third kappa shape index (κ3) is 6.40. The summed E-state index contributed by atoms with van der Waals surface area (Å²) in [4.78, 5) is 12.4. The molecule has 0 saturated carbocycles. The Morgan fingerprint density at radius 2 is 1.85 bits per heavy atom. The monoisotopic (exact) mass is 359 g/mol. The lowest BCUT2D eigenvalue weighted by Crippen LogP contribution is -2.53. The average molecular weight is 360 g/mol. The van der Waals surface area contributed by atoms with Gasteiger partial charge in [0.25, 0.3) is 0 Å². The molecule has 1 saturated heterocycles. The SMILES string of the molecule is CCC(CC)(CNC(=O)CCC1CCNCC1)NC(C)c1ccccc1. The van der Waals surface area contributed by atoms with Gasteiger partial charge in [-0.05, 0) is 63.6 Å². The Bertz CT molecular complexity index is 521. The van der Waals surface area contributed by atoms with Crippen LogP contribution < -0.4 is 16.0 Å². The van der Waals surface area contributed by atoms with E-state index in [9.17, 15) is 4.79 Å². The summed E-state index contributed by atoms with van der Waals surface area (Å²) in [6, 6.07) is 10.8. The Kier molecular flexibility index (Phi) is 8.60. The molecule has 0 aliphatic carbocycles. The van der Waals surface area contributed by atoms with E-state index in [0.717, 1.165) is 32.4 Å². The summed E-state index contributed by atoms with van der Waals surface area (Å²) in [5.74, 6) is 0.907. The maximum absolute atomic E-state index is 12.4. The Labute approximate surface area is 159 Å². The van der Waals surface area contributed by atoms with Crippen molar-refractivity contribution in [2.45, 2.75) is 70.9 Å². The summed E-state index contributed by atoms with van der Waals surface area (Å²) in [6.45, 7) is 9.51. The molecule has 0 radical (unpaired) electrons. The maximum atomic E-state index is 12.4. The van der Waals surface area contributed by atoms with Crippen molar-refractivity contribution in [2.24, 2.45) is 5.92 Å². The molecule has 1 heterocycles. The minimum absolute atomic E-state index is 0.0559. The number of hydrogen-bond acceptors (Lipinski definition) is 3. The molecule has 0 aromatic heterocycles. The highest BCUT2D eigenvalue weighted by Crippen LogP contribution is 2.22. The van der Waals surface area contributed by atoms with Crippen LogP contribution in [0.4, 0.5) is 0 Å². The van der Waals surface area contributed by atoms with E-state index < -0.39 is 0 Å². The van der Waals surface area contributed by atoms with Crippen molar-refractivity contribution in [3.05, 3.63) is 35.9 Å². The van der Waals surface area contributed by atoms with Gasteiger partial charge in [0.05, 0.1) is 0 Å². The van der Waals surface area contributed by atoms with Gasteiger partial charge in [-0.1, -0.05) is 44.2 Å². The van der Waals surface area contributed by atoms with Crippen LogP contribution in [0.5, 0.6) is 0 Å². The number of piperidine rings is 1. The lowest BCUT2D eigenvalue weighted by Gasteiger charge is -2.36. The van der Waals surface area contributed by atoms with E-state index >= 15 is 0 Å². The molecule has 1 unspecified atom stereocenters. The number of nitrogens with one attached hydrogen (secondary N) is 3. The van der Waals surface area contributed by atoms with E-state index in [2.05, 4.69) is 61.0 Å². The van der Waals surface area contributed by atoms with Crippen LogP contribution in [0.2, 0.25) is 0 Å². The zero-order valence-corrected chi connectivity index (χ0v) is 16.8. The highest BCUT2D eigenvalue weighted by atomic mass is 16.1. The van der Waals surface area contributed by atoms with Crippen molar-refractivity contribution in [2.75, 3.05) is 19.6 Å². The van der Waals surface area contributed by atoms with Crippen molar-refractivity contribution in [1.82, 2.24) is 16.0 Å². The molecule has 1 amide bonds. The summed E-state index contributed by atoms with van der Waals surface area (Å²) in [5.41, 5.74) is 1.23. The Morgan fingerprint density at radius 1 is 1.19 bits per heavy atom. The first kappa shape index (κ1) is 20.9. The van der Waals surface area contributed by atoms with Gasteiger partial charge in [-0.25, -0.2) is 0 Å².